The first kappa shape index (κ1) is 41.8. The van der Waals surface area contributed by atoms with E-state index in [1.165, 1.54) is 65.9 Å². The summed E-state index contributed by atoms with van der Waals surface area (Å²) in [6.07, 6.45) is 8.32. The minimum Gasteiger partial charge on any atom is -0.688 e. The van der Waals surface area contributed by atoms with E-state index < -0.39 is 0 Å². The van der Waals surface area contributed by atoms with Gasteiger partial charge in [-0.25, -0.2) is 0 Å². The van der Waals surface area contributed by atoms with E-state index in [0.717, 1.165) is 16.6 Å². The number of aliphatic imine (C=N–C) groups is 1. The van der Waals surface area contributed by atoms with Gasteiger partial charge < -0.3 is 5.32 Å². The van der Waals surface area contributed by atoms with E-state index in [1.54, 1.807) is 5.56 Å². The number of fused-ring (bicyclic) bond motifs is 7. The molecular weight excluding hydrogens is 855 g/mol. The van der Waals surface area contributed by atoms with Gasteiger partial charge in [-0.1, -0.05) is 124 Å². The van der Waals surface area contributed by atoms with Crippen LogP contribution in [0, 0.1) is 12.0 Å². The maximum atomic E-state index is 4.96. The van der Waals surface area contributed by atoms with Crippen molar-refractivity contribution in [1.82, 2.24) is 4.98 Å². The Balaban J connectivity index is 0.000000321. The van der Waals surface area contributed by atoms with E-state index >= 15 is 0 Å². The molecule has 3 nitrogen and oxygen atoms in total. The molecule has 0 spiro atoms. The molecule has 2 heterocycles. The third-order valence-corrected chi connectivity index (χ3v) is 12.0. The van der Waals surface area contributed by atoms with Crippen molar-refractivity contribution in [3.63, 3.8) is 0 Å². The van der Waals surface area contributed by atoms with Crippen molar-refractivity contribution in [2.24, 2.45) is 10.9 Å². The van der Waals surface area contributed by atoms with Gasteiger partial charge in [-0.05, 0) is 88.5 Å². The number of hydrogen-bond donors (Lipinski definition) is 0. The standard InChI is InChI=1S/C37H36NS.C12H23N2.Ir/c1-35(2,3)30-19-24(18-22-10-8-9-11-25(22)30)33-27-21-28-26-12-13-29-32(37(6,7)16-15-36(29,4)5)34(26)39-31(28)20-23(27)14-17-38-33;1-9(2)12(7-13-10(3)4)8-14-11(5)6;/h8-14,17,19-21H,15-16H2,1-7H3;7-11H,1-6H3;/q2*-1;/b;12-7+,14-8?;. The predicted molar refractivity (Wildman–Crippen MR) is 235 cm³/mol. The van der Waals surface area contributed by atoms with Crippen molar-refractivity contribution in [2.75, 3.05) is 0 Å². The van der Waals surface area contributed by atoms with Crippen LogP contribution < -0.4 is 0 Å². The Morgan fingerprint density at radius 2 is 1.56 bits per heavy atom. The molecule has 0 N–H and O–H groups in total. The van der Waals surface area contributed by atoms with Crippen molar-refractivity contribution >= 4 is 59.3 Å². The smallest absolute Gasteiger partial charge is 0.0443 e. The fraction of sp³-hybridized carbons (Fsp3) is 0.429. The van der Waals surface area contributed by atoms with Crippen LogP contribution >= 0.6 is 11.3 Å². The fourth-order valence-electron chi connectivity index (χ4n) is 7.62. The van der Waals surface area contributed by atoms with Crippen LogP contribution in [0.3, 0.4) is 0 Å². The van der Waals surface area contributed by atoms with E-state index in [4.69, 9.17) is 4.98 Å². The number of nitrogens with zero attached hydrogens (tertiary/aromatic N) is 3. The van der Waals surface area contributed by atoms with Crippen LogP contribution in [-0.2, 0) is 36.4 Å². The summed E-state index contributed by atoms with van der Waals surface area (Å²) < 4.78 is 2.83. The monoisotopic (exact) mass is 914 g/mol. The summed E-state index contributed by atoms with van der Waals surface area (Å²) in [5.74, 6) is 0.486. The number of aromatic nitrogens is 1. The van der Waals surface area contributed by atoms with Gasteiger partial charge in [-0.15, -0.1) is 46.5 Å². The summed E-state index contributed by atoms with van der Waals surface area (Å²) in [5, 5.41) is 12.0. The molecule has 0 unspecified atom stereocenters. The second-order valence-electron chi connectivity index (χ2n) is 18.3. The van der Waals surface area contributed by atoms with E-state index in [-0.39, 0.29) is 36.4 Å². The maximum absolute atomic E-state index is 4.96. The summed E-state index contributed by atoms with van der Waals surface area (Å²) >= 11 is 1.98. The number of hydrogen-bond acceptors (Lipinski definition) is 3. The molecule has 6 aromatic rings. The van der Waals surface area contributed by atoms with E-state index in [0.29, 0.717) is 18.0 Å². The van der Waals surface area contributed by atoms with E-state index in [2.05, 4.69) is 167 Å². The van der Waals surface area contributed by atoms with E-state index in [1.807, 2.05) is 29.9 Å². The molecule has 4 aromatic carbocycles. The molecule has 1 aliphatic rings. The molecule has 5 heteroatoms. The molecule has 2 aromatic heterocycles. The summed E-state index contributed by atoms with van der Waals surface area (Å²) in [7, 11) is 0. The zero-order valence-corrected chi connectivity index (χ0v) is 37.9. The molecule has 0 aliphatic heterocycles. The van der Waals surface area contributed by atoms with Crippen LogP contribution in [0.15, 0.2) is 83.6 Å². The fourth-order valence-corrected chi connectivity index (χ4v) is 9.08. The van der Waals surface area contributed by atoms with Crippen LogP contribution in [0.1, 0.15) is 120 Å². The van der Waals surface area contributed by atoms with Crippen LogP contribution in [0.5, 0.6) is 0 Å². The zero-order chi connectivity index (χ0) is 38.5. The van der Waals surface area contributed by atoms with Gasteiger partial charge in [0, 0.05) is 64.4 Å². The van der Waals surface area contributed by atoms with Gasteiger partial charge in [0.2, 0.25) is 0 Å². The number of benzene rings is 4. The van der Waals surface area contributed by atoms with Crippen LogP contribution in [0.25, 0.3) is 58.3 Å². The number of rotatable bonds is 6. The molecule has 0 saturated carbocycles. The summed E-state index contributed by atoms with van der Waals surface area (Å²) in [5.41, 5.74) is 8.14. The molecule has 0 bridgehead atoms. The molecule has 7 rings (SSSR count). The largest absolute Gasteiger partial charge is 0.688 e. The average molecular weight is 914 g/mol. The van der Waals surface area contributed by atoms with E-state index in [9.17, 15) is 0 Å². The van der Waals surface area contributed by atoms with Crippen LogP contribution in [-0.4, -0.2) is 23.3 Å². The number of thiophene rings is 1. The first-order valence-corrected chi connectivity index (χ1v) is 20.4. The van der Waals surface area contributed by atoms with Crippen molar-refractivity contribution in [3.05, 3.63) is 107 Å². The van der Waals surface area contributed by atoms with Gasteiger partial charge in [0.15, 0.2) is 0 Å². The average Bonchev–Trinajstić information content (AvgIpc) is 3.45. The van der Waals surface area contributed by atoms with Gasteiger partial charge in [0.05, 0.1) is 0 Å². The van der Waals surface area contributed by atoms with Crippen molar-refractivity contribution in [1.29, 1.82) is 0 Å². The Labute approximate surface area is 342 Å². The summed E-state index contributed by atoms with van der Waals surface area (Å²) in [6, 6.07) is 27.2. The maximum Gasteiger partial charge on any atom is 0.0443 e. The molecule has 54 heavy (non-hydrogen) atoms. The number of allylic oxidation sites excluding steroid dienone is 1. The van der Waals surface area contributed by atoms with Gasteiger partial charge in [-0.2, -0.15) is 6.20 Å². The van der Waals surface area contributed by atoms with Crippen LogP contribution in [0.2, 0.25) is 0 Å². The quantitative estimate of drug-likeness (QED) is 0.121. The van der Waals surface area contributed by atoms with Crippen molar-refractivity contribution < 1.29 is 20.1 Å². The molecule has 0 amide bonds. The first-order chi connectivity index (χ1) is 24.9. The Kier molecular flexibility index (Phi) is 12.4. The molecule has 0 saturated heterocycles. The second kappa shape index (κ2) is 16.0. The predicted octanol–water partition coefficient (Wildman–Crippen LogP) is 14.7. The molecular formula is C49H59IrN3S-2. The Morgan fingerprint density at radius 1 is 0.852 bits per heavy atom. The summed E-state index contributed by atoms with van der Waals surface area (Å²) in [4.78, 5) is 9.33. The molecule has 1 radical (unpaired) electrons. The topological polar surface area (TPSA) is 39.4 Å². The molecule has 0 atom stereocenters. The van der Waals surface area contributed by atoms with Crippen molar-refractivity contribution in [3.8, 4) is 11.3 Å². The third kappa shape index (κ3) is 8.54. The Morgan fingerprint density at radius 3 is 2.22 bits per heavy atom. The minimum atomic E-state index is 0. The van der Waals surface area contributed by atoms with Gasteiger partial charge in [-0.3, -0.25) is 9.98 Å². The van der Waals surface area contributed by atoms with Gasteiger partial charge >= 0.3 is 0 Å². The zero-order valence-electron chi connectivity index (χ0n) is 34.7. The van der Waals surface area contributed by atoms with Gasteiger partial charge in [0.1, 0.15) is 0 Å². The molecule has 0 fully saturated rings. The van der Waals surface area contributed by atoms with Gasteiger partial charge in [0.25, 0.3) is 0 Å². The minimum absolute atomic E-state index is 0. The second-order valence-corrected chi connectivity index (χ2v) is 19.3. The first-order valence-electron chi connectivity index (χ1n) is 19.6. The Bertz CT molecular complexity index is 2350. The number of pyridine rings is 1. The SMILES string of the molecule is CC(C)(C)c1cc(-c2nccc3cc4sc5c6c(ccc5c4cc23)C(C)(C)CCC6(C)C)[c-]c2ccccc12.CC(C)N=C/C(=C\[N-]C(C)C)C(C)C.[Ir]. The third-order valence-electron chi connectivity index (χ3n) is 10.9. The van der Waals surface area contributed by atoms with Crippen molar-refractivity contribution in [2.45, 2.75) is 131 Å². The van der Waals surface area contributed by atoms with Crippen LogP contribution in [0.4, 0.5) is 0 Å². The molecule has 287 valence electrons. The normalized spacial score (nSPS) is 15.7. The Hall–Kier alpha value is -3.37. The summed E-state index contributed by atoms with van der Waals surface area (Å²) in [6.45, 7) is 29.2. The molecule has 1 aliphatic carbocycles.